The second-order valence-corrected chi connectivity index (χ2v) is 7.58. The summed E-state index contributed by atoms with van der Waals surface area (Å²) >= 11 is 0. The monoisotopic (exact) mass is 417 g/mol. The second-order valence-electron chi connectivity index (χ2n) is 7.58. The van der Waals surface area contributed by atoms with Crippen molar-refractivity contribution in [3.05, 3.63) is 132 Å². The van der Waals surface area contributed by atoms with E-state index in [0.29, 0.717) is 6.42 Å². The molecule has 0 saturated carbocycles. The minimum atomic E-state index is 0.692. The number of furan rings is 1. The van der Waals surface area contributed by atoms with Crippen LogP contribution in [0.3, 0.4) is 0 Å². The third-order valence-electron chi connectivity index (χ3n) is 5.41. The van der Waals surface area contributed by atoms with Crippen LogP contribution in [0.2, 0.25) is 0 Å². The van der Waals surface area contributed by atoms with E-state index in [-0.39, 0.29) is 0 Å². The topological polar surface area (TPSA) is 25.2 Å². The van der Waals surface area contributed by atoms with Crippen LogP contribution in [0, 0.1) is 0 Å². The van der Waals surface area contributed by atoms with Crippen molar-refractivity contribution in [3.8, 4) is 11.1 Å². The highest BCUT2D eigenvalue weighted by Crippen LogP contribution is 2.30. The first kappa shape index (κ1) is 21.2. The molecule has 0 amide bonds. The van der Waals surface area contributed by atoms with E-state index in [9.17, 15) is 0 Å². The average molecular weight is 418 g/mol. The van der Waals surface area contributed by atoms with Crippen LogP contribution < -0.4 is 5.32 Å². The Balaban J connectivity index is 1.45. The number of allylic oxidation sites excluding steroid dienone is 5. The molecule has 0 bridgehead atoms. The van der Waals surface area contributed by atoms with E-state index in [1.54, 1.807) is 6.08 Å². The van der Waals surface area contributed by atoms with E-state index in [1.807, 2.05) is 18.2 Å². The molecule has 0 aliphatic heterocycles. The zero-order chi connectivity index (χ0) is 22.2. The summed E-state index contributed by atoms with van der Waals surface area (Å²) in [5, 5.41) is 3.38. The molecule has 1 N–H and O–H groups in total. The van der Waals surface area contributed by atoms with E-state index in [2.05, 4.69) is 97.0 Å². The number of hydrogen-bond acceptors (Lipinski definition) is 2. The molecule has 1 aliphatic rings. The van der Waals surface area contributed by atoms with E-state index < -0.39 is 0 Å². The van der Waals surface area contributed by atoms with Crippen molar-refractivity contribution in [3.63, 3.8) is 0 Å². The summed E-state index contributed by atoms with van der Waals surface area (Å²) in [6, 6.07) is 18.7. The standard InChI is InChI=1S/C30H27NO/c1-3-5-15-27-28-16-9-10-17-29(28)32-30(27)18-11-14-25(4-2)31-26-21-19-24(20-22-26)23-12-7-6-8-13-23/h3,5-9,11-16,19-22,31H,1-2,10,17-18H2/b14-11-,15-5-. The summed E-state index contributed by atoms with van der Waals surface area (Å²) in [5.41, 5.74) is 9.50. The van der Waals surface area contributed by atoms with E-state index in [1.165, 1.54) is 16.7 Å². The van der Waals surface area contributed by atoms with Crippen LogP contribution in [0.1, 0.15) is 29.1 Å². The normalized spacial score (nSPS) is 12.6. The summed E-state index contributed by atoms with van der Waals surface area (Å²) in [5.74, 6) is 2.03. The number of benzene rings is 2. The zero-order valence-electron chi connectivity index (χ0n) is 18.2. The predicted octanol–water partition coefficient (Wildman–Crippen LogP) is 7.98. The minimum absolute atomic E-state index is 0.692. The highest BCUT2D eigenvalue weighted by molar-refractivity contribution is 5.70. The van der Waals surface area contributed by atoms with Crippen LogP contribution in [0.25, 0.3) is 23.3 Å². The van der Waals surface area contributed by atoms with E-state index >= 15 is 0 Å². The van der Waals surface area contributed by atoms with Gasteiger partial charge in [-0.1, -0.05) is 92.1 Å². The number of fused-ring (bicyclic) bond motifs is 1. The van der Waals surface area contributed by atoms with Crippen molar-refractivity contribution in [2.75, 3.05) is 5.32 Å². The highest BCUT2D eigenvalue weighted by Gasteiger charge is 2.17. The first-order chi connectivity index (χ1) is 15.8. The Labute approximate surface area is 190 Å². The van der Waals surface area contributed by atoms with Gasteiger partial charge in [0.05, 0.1) is 5.70 Å². The molecule has 2 nitrogen and oxygen atoms in total. The minimum Gasteiger partial charge on any atom is -0.464 e. The molecule has 0 saturated heterocycles. The maximum atomic E-state index is 6.17. The average Bonchev–Trinajstić information content (AvgIpc) is 3.20. The summed E-state index contributed by atoms with van der Waals surface area (Å²) in [7, 11) is 0. The second kappa shape index (κ2) is 10.3. The van der Waals surface area contributed by atoms with Gasteiger partial charge in [-0.3, -0.25) is 0 Å². The third-order valence-corrected chi connectivity index (χ3v) is 5.41. The van der Waals surface area contributed by atoms with Crippen molar-refractivity contribution < 1.29 is 4.42 Å². The van der Waals surface area contributed by atoms with Crippen LogP contribution in [0.15, 0.2) is 114 Å². The third kappa shape index (κ3) is 5.00. The van der Waals surface area contributed by atoms with Gasteiger partial charge >= 0.3 is 0 Å². The molecule has 2 aromatic carbocycles. The van der Waals surface area contributed by atoms with Gasteiger partial charge in [0.25, 0.3) is 0 Å². The molecule has 158 valence electrons. The Kier molecular flexibility index (Phi) is 6.87. The molecular weight excluding hydrogens is 390 g/mol. The van der Waals surface area contributed by atoms with Crippen LogP contribution in [0.4, 0.5) is 5.69 Å². The summed E-state index contributed by atoms with van der Waals surface area (Å²) < 4.78 is 6.17. The fourth-order valence-corrected chi connectivity index (χ4v) is 3.80. The van der Waals surface area contributed by atoms with Crippen LogP contribution in [-0.4, -0.2) is 0 Å². The quantitative estimate of drug-likeness (QED) is 0.297. The molecule has 2 heteroatoms. The van der Waals surface area contributed by atoms with Gasteiger partial charge in [-0.05, 0) is 35.8 Å². The molecular formula is C30H27NO. The van der Waals surface area contributed by atoms with Gasteiger partial charge in [0, 0.05) is 29.7 Å². The molecule has 32 heavy (non-hydrogen) atoms. The lowest BCUT2D eigenvalue weighted by molar-refractivity contribution is 0.472. The van der Waals surface area contributed by atoms with Gasteiger partial charge in [-0.25, -0.2) is 0 Å². The van der Waals surface area contributed by atoms with Crippen molar-refractivity contribution in [2.45, 2.75) is 19.3 Å². The molecule has 0 atom stereocenters. The first-order valence-electron chi connectivity index (χ1n) is 10.9. The lowest BCUT2D eigenvalue weighted by Crippen LogP contribution is -1.95. The number of anilines is 1. The number of aryl methyl sites for hydroxylation is 1. The molecule has 1 heterocycles. The first-order valence-corrected chi connectivity index (χ1v) is 10.9. The molecule has 1 aliphatic carbocycles. The highest BCUT2D eigenvalue weighted by atomic mass is 16.3. The lowest BCUT2D eigenvalue weighted by atomic mass is 10.00. The van der Waals surface area contributed by atoms with Gasteiger partial charge < -0.3 is 9.73 Å². The smallest absolute Gasteiger partial charge is 0.115 e. The molecule has 4 rings (SSSR count). The zero-order valence-corrected chi connectivity index (χ0v) is 18.2. The van der Waals surface area contributed by atoms with Gasteiger partial charge in [-0.2, -0.15) is 0 Å². The molecule has 0 spiro atoms. The fourth-order valence-electron chi connectivity index (χ4n) is 3.80. The van der Waals surface area contributed by atoms with Crippen LogP contribution in [-0.2, 0) is 12.8 Å². The largest absolute Gasteiger partial charge is 0.464 e. The number of nitrogens with one attached hydrogen (secondary N) is 1. The maximum absolute atomic E-state index is 6.17. The van der Waals surface area contributed by atoms with E-state index in [0.717, 1.165) is 41.3 Å². The summed E-state index contributed by atoms with van der Waals surface area (Å²) in [4.78, 5) is 0. The lowest BCUT2D eigenvalue weighted by Gasteiger charge is -2.07. The van der Waals surface area contributed by atoms with Crippen molar-refractivity contribution >= 4 is 17.8 Å². The Morgan fingerprint density at radius 2 is 1.84 bits per heavy atom. The van der Waals surface area contributed by atoms with Gasteiger partial charge in [0.15, 0.2) is 0 Å². The fraction of sp³-hybridized carbons (Fsp3) is 0.100. The van der Waals surface area contributed by atoms with E-state index in [4.69, 9.17) is 4.42 Å². The van der Waals surface area contributed by atoms with Gasteiger partial charge in [-0.15, -0.1) is 5.73 Å². The molecule has 0 unspecified atom stereocenters. The molecule has 0 fully saturated rings. The summed E-state index contributed by atoms with van der Waals surface area (Å²) in [6.45, 7) is 7.61. The maximum Gasteiger partial charge on any atom is 0.115 e. The predicted molar refractivity (Wildman–Crippen MR) is 136 cm³/mol. The number of rotatable bonds is 8. The van der Waals surface area contributed by atoms with Gasteiger partial charge in [0.2, 0.25) is 0 Å². The molecule has 0 radical (unpaired) electrons. The number of hydrogen-bond donors (Lipinski definition) is 1. The van der Waals surface area contributed by atoms with Crippen molar-refractivity contribution in [1.29, 1.82) is 0 Å². The van der Waals surface area contributed by atoms with Crippen molar-refractivity contribution in [2.24, 2.45) is 0 Å². The molecule has 3 aromatic rings. The van der Waals surface area contributed by atoms with Crippen molar-refractivity contribution in [1.82, 2.24) is 0 Å². The van der Waals surface area contributed by atoms with Gasteiger partial charge in [0.1, 0.15) is 11.5 Å². The SMILES string of the molecule is C=C=C(/C=C\Cc1oc2c(c1/C=C\C=C)C=CCC2)Nc1ccc(-c2ccccc2)cc1. The van der Waals surface area contributed by atoms with Crippen LogP contribution in [0.5, 0.6) is 0 Å². The van der Waals surface area contributed by atoms with Crippen LogP contribution >= 0.6 is 0 Å². The Morgan fingerprint density at radius 3 is 2.59 bits per heavy atom. The Bertz CT molecular complexity index is 1210. The Hall–Kier alpha value is -4.00. The Morgan fingerprint density at radius 1 is 1.06 bits per heavy atom. The summed E-state index contributed by atoms with van der Waals surface area (Å²) in [6.07, 6.45) is 16.9. The molecule has 1 aromatic heterocycles.